The minimum atomic E-state index is -0.484. The molecule has 0 saturated heterocycles. The first kappa shape index (κ1) is 18.7. The van der Waals surface area contributed by atoms with Crippen molar-refractivity contribution in [2.24, 2.45) is 7.05 Å². The molecule has 0 N–H and O–H groups in total. The van der Waals surface area contributed by atoms with Gasteiger partial charge >= 0.3 is 11.5 Å². The molecule has 0 aliphatic heterocycles. The zero-order chi connectivity index (χ0) is 21.0. The quantitative estimate of drug-likeness (QED) is 0.425. The molecule has 0 aliphatic carbocycles. The van der Waals surface area contributed by atoms with Crippen molar-refractivity contribution in [3.8, 4) is 11.3 Å². The van der Waals surface area contributed by atoms with Gasteiger partial charge in [0.25, 0.3) is 5.56 Å². The van der Waals surface area contributed by atoms with Crippen LogP contribution in [0.4, 0.5) is 0 Å². The Kier molecular flexibility index (Phi) is 4.30. The summed E-state index contributed by atoms with van der Waals surface area (Å²) in [5.74, 6) is 0.813. The van der Waals surface area contributed by atoms with Crippen molar-refractivity contribution in [2.45, 2.75) is 6.54 Å². The minimum absolute atomic E-state index is 0.0506. The molecule has 0 spiro atoms. The van der Waals surface area contributed by atoms with Crippen LogP contribution < -0.4 is 11.2 Å². The highest BCUT2D eigenvalue weighted by Crippen LogP contribution is 2.25. The van der Waals surface area contributed by atoms with Crippen molar-refractivity contribution in [3.63, 3.8) is 0 Å². The number of rotatable bonds is 3. The van der Waals surface area contributed by atoms with Crippen molar-refractivity contribution < 1.29 is 4.42 Å². The van der Waals surface area contributed by atoms with Crippen LogP contribution in [0.3, 0.4) is 0 Å². The van der Waals surface area contributed by atoms with E-state index in [0.29, 0.717) is 21.4 Å². The normalized spacial score (nSPS) is 11.6. The third-order valence-corrected chi connectivity index (χ3v) is 5.71. The third-order valence-electron chi connectivity index (χ3n) is 4.97. The fourth-order valence-electron chi connectivity index (χ4n) is 3.45. The molecule has 2 aromatic carbocycles. The predicted octanol–water partition coefficient (Wildman–Crippen LogP) is 3.96. The molecule has 0 fully saturated rings. The number of halogens is 2. The van der Waals surface area contributed by atoms with Gasteiger partial charge in [0.2, 0.25) is 0 Å². The lowest BCUT2D eigenvalue weighted by Crippen LogP contribution is -2.39. The zero-order valence-electron chi connectivity index (χ0n) is 15.7. The molecule has 9 heteroatoms. The van der Waals surface area contributed by atoms with Crippen molar-refractivity contribution in [1.29, 1.82) is 0 Å². The molecule has 0 radical (unpaired) electrons. The molecule has 30 heavy (non-hydrogen) atoms. The molecule has 0 amide bonds. The Hall–Kier alpha value is -3.29. The van der Waals surface area contributed by atoms with Crippen molar-refractivity contribution >= 4 is 40.2 Å². The maximum atomic E-state index is 13.3. The highest BCUT2D eigenvalue weighted by atomic mass is 35.5. The number of aromatic nitrogens is 4. The van der Waals surface area contributed by atoms with Crippen molar-refractivity contribution in [1.82, 2.24) is 18.5 Å². The average molecular weight is 441 g/mol. The van der Waals surface area contributed by atoms with Gasteiger partial charge in [-0.15, -0.1) is 0 Å². The Bertz CT molecular complexity index is 1540. The summed E-state index contributed by atoms with van der Waals surface area (Å²) in [5, 5.41) is 0.759. The van der Waals surface area contributed by atoms with E-state index in [2.05, 4.69) is 4.98 Å². The Morgan fingerprint density at radius 3 is 2.53 bits per heavy atom. The number of benzene rings is 2. The molecule has 0 bridgehead atoms. The fraction of sp³-hybridized carbons (Fsp3) is 0.0952. The molecule has 150 valence electrons. The molecular weight excluding hydrogens is 427 g/mol. The van der Waals surface area contributed by atoms with Gasteiger partial charge in [-0.3, -0.25) is 18.3 Å². The molecule has 3 aromatic heterocycles. The van der Waals surface area contributed by atoms with Gasteiger partial charge in [-0.25, -0.2) is 4.79 Å². The number of oxazole rings is 1. The van der Waals surface area contributed by atoms with Crippen LogP contribution in [0.2, 0.25) is 10.0 Å². The second-order valence-electron chi connectivity index (χ2n) is 6.88. The highest BCUT2D eigenvalue weighted by Gasteiger charge is 2.20. The molecule has 5 aromatic rings. The van der Waals surface area contributed by atoms with E-state index in [9.17, 15) is 9.59 Å². The van der Waals surface area contributed by atoms with Gasteiger partial charge in [-0.1, -0.05) is 59.6 Å². The molecule has 0 atom stereocenters. The summed E-state index contributed by atoms with van der Waals surface area (Å²) in [7, 11) is 1.57. The van der Waals surface area contributed by atoms with Gasteiger partial charge in [0, 0.05) is 12.6 Å². The number of nitrogens with zero attached hydrogens (tertiary/aromatic N) is 4. The summed E-state index contributed by atoms with van der Waals surface area (Å²) in [5.41, 5.74) is 1.11. The Balaban J connectivity index is 1.72. The highest BCUT2D eigenvalue weighted by molar-refractivity contribution is 6.42. The molecule has 5 rings (SSSR count). The lowest BCUT2D eigenvalue weighted by Gasteiger charge is -2.09. The van der Waals surface area contributed by atoms with Gasteiger partial charge < -0.3 is 4.42 Å². The second kappa shape index (κ2) is 6.90. The van der Waals surface area contributed by atoms with Gasteiger partial charge in [0.05, 0.1) is 22.8 Å². The van der Waals surface area contributed by atoms with Crippen LogP contribution in [-0.4, -0.2) is 18.5 Å². The summed E-state index contributed by atoms with van der Waals surface area (Å²) in [6.07, 6.45) is 1.70. The zero-order valence-corrected chi connectivity index (χ0v) is 17.2. The standard InChI is InChI=1S/C21H14Cl2N4O3/c1-25-18-17(26-11-16(30-20(26)24-18)13-5-3-2-4-6-13)19(28)27(21(25)29)10-12-7-8-14(22)15(23)9-12/h2-9,11H,10H2,1H3. The largest absolute Gasteiger partial charge is 0.423 e. The molecule has 0 aliphatic rings. The Morgan fingerprint density at radius 2 is 1.80 bits per heavy atom. The maximum absolute atomic E-state index is 13.3. The maximum Gasteiger partial charge on any atom is 0.332 e. The van der Waals surface area contributed by atoms with Crippen LogP contribution in [0, 0.1) is 0 Å². The van der Waals surface area contributed by atoms with E-state index in [-0.39, 0.29) is 23.6 Å². The number of aryl methyl sites for hydroxylation is 1. The first-order valence-electron chi connectivity index (χ1n) is 9.05. The van der Waals surface area contributed by atoms with Gasteiger partial charge in [0.15, 0.2) is 16.9 Å². The van der Waals surface area contributed by atoms with Gasteiger partial charge in [-0.05, 0) is 17.7 Å². The van der Waals surface area contributed by atoms with Crippen LogP contribution in [0.15, 0.2) is 68.7 Å². The summed E-state index contributed by atoms with van der Waals surface area (Å²) in [6.45, 7) is 0.0506. The van der Waals surface area contributed by atoms with Gasteiger partial charge in [-0.2, -0.15) is 4.98 Å². The van der Waals surface area contributed by atoms with Gasteiger partial charge in [0.1, 0.15) is 0 Å². The lowest BCUT2D eigenvalue weighted by molar-refractivity contribution is 0.610. The number of hydrogen-bond donors (Lipinski definition) is 0. The van der Waals surface area contributed by atoms with E-state index >= 15 is 0 Å². The van der Waals surface area contributed by atoms with Crippen LogP contribution in [0.1, 0.15) is 5.56 Å². The van der Waals surface area contributed by atoms with Crippen LogP contribution in [0.25, 0.3) is 28.3 Å². The predicted molar refractivity (Wildman–Crippen MR) is 115 cm³/mol. The van der Waals surface area contributed by atoms with E-state index in [1.807, 2.05) is 30.3 Å². The molecular formula is C21H14Cl2N4O3. The topological polar surface area (TPSA) is 74.4 Å². The van der Waals surface area contributed by atoms with E-state index in [1.54, 1.807) is 35.8 Å². The Labute approximate surface area is 179 Å². The number of hydrogen-bond acceptors (Lipinski definition) is 4. The van der Waals surface area contributed by atoms with Crippen molar-refractivity contribution in [3.05, 3.63) is 91.2 Å². The smallest absolute Gasteiger partial charge is 0.332 e. The molecule has 7 nitrogen and oxygen atoms in total. The van der Waals surface area contributed by atoms with Crippen LogP contribution in [0.5, 0.6) is 0 Å². The molecule has 3 heterocycles. The van der Waals surface area contributed by atoms with E-state index in [1.165, 1.54) is 4.57 Å². The minimum Gasteiger partial charge on any atom is -0.423 e. The first-order chi connectivity index (χ1) is 14.4. The van der Waals surface area contributed by atoms with Crippen LogP contribution >= 0.6 is 23.2 Å². The third kappa shape index (κ3) is 2.86. The van der Waals surface area contributed by atoms with E-state index in [0.717, 1.165) is 10.1 Å². The SMILES string of the molecule is Cn1c(=O)n(Cc2ccc(Cl)c(Cl)c2)c(=O)c2c1nc1oc(-c3ccccc3)cn12. The summed E-state index contributed by atoms with van der Waals surface area (Å²) in [4.78, 5) is 30.5. The average Bonchev–Trinajstić information content (AvgIpc) is 3.31. The number of fused-ring (bicyclic) bond motifs is 3. The molecule has 0 saturated carbocycles. The lowest BCUT2D eigenvalue weighted by atomic mass is 10.2. The summed E-state index contributed by atoms with van der Waals surface area (Å²) >= 11 is 12.0. The summed E-state index contributed by atoms with van der Waals surface area (Å²) in [6, 6.07) is 14.5. The van der Waals surface area contributed by atoms with Crippen molar-refractivity contribution in [2.75, 3.05) is 0 Å². The number of imidazole rings is 1. The monoisotopic (exact) mass is 440 g/mol. The Morgan fingerprint density at radius 1 is 1.03 bits per heavy atom. The molecule has 0 unspecified atom stereocenters. The van der Waals surface area contributed by atoms with Crippen LogP contribution in [-0.2, 0) is 13.6 Å². The van der Waals surface area contributed by atoms with E-state index < -0.39 is 11.2 Å². The fourth-order valence-corrected chi connectivity index (χ4v) is 3.77. The second-order valence-corrected chi connectivity index (χ2v) is 7.69. The van der Waals surface area contributed by atoms with E-state index in [4.69, 9.17) is 27.6 Å². The first-order valence-corrected chi connectivity index (χ1v) is 9.80. The summed E-state index contributed by atoms with van der Waals surface area (Å²) < 4.78 is 9.88.